The molecule has 1 N–H and O–H groups in total. The summed E-state index contributed by atoms with van der Waals surface area (Å²) in [5.41, 5.74) is 4.92. The zero-order valence-electron chi connectivity index (χ0n) is 15.9. The lowest BCUT2D eigenvalue weighted by atomic mass is 10.1. The number of ether oxygens (including phenoxy) is 1. The second-order valence-corrected chi connectivity index (χ2v) is 7.11. The molecule has 0 saturated heterocycles. The van der Waals surface area contributed by atoms with Crippen molar-refractivity contribution in [2.24, 2.45) is 0 Å². The van der Waals surface area contributed by atoms with Crippen molar-refractivity contribution >= 4 is 23.1 Å². The number of carbonyl (C=O) groups excluding carboxylic acids is 1. The number of nitrogens with zero attached hydrogens (tertiary/aromatic N) is 3. The molecule has 1 amide bonds. The van der Waals surface area contributed by atoms with Crippen molar-refractivity contribution in [2.45, 2.75) is 6.92 Å². The average Bonchev–Trinajstić information content (AvgIpc) is 3.20. The first kappa shape index (κ1) is 18.8. The maximum absolute atomic E-state index is 12.4. The lowest BCUT2D eigenvalue weighted by Crippen LogP contribution is -2.11. The fraction of sp³-hybridized carbons (Fsp3) is 0.0909. The summed E-state index contributed by atoms with van der Waals surface area (Å²) < 4.78 is 9.03. The lowest BCUT2D eigenvalue weighted by molar-refractivity contribution is 0.103. The highest BCUT2D eigenvalue weighted by molar-refractivity contribution is 7.08. The Morgan fingerprint density at radius 3 is 2.38 bits per heavy atom. The van der Waals surface area contributed by atoms with Crippen molar-refractivity contribution < 1.29 is 9.53 Å². The SMILES string of the molecule is COc1ccc(-c2cccc(-c3cccc(NC(=O)c4snnc4C)c3)n2)cc1. The molecule has 2 aromatic carbocycles. The molecule has 0 atom stereocenters. The molecular formula is C22H18N4O2S. The predicted octanol–water partition coefficient (Wildman–Crippen LogP) is 4.84. The number of rotatable bonds is 5. The predicted molar refractivity (Wildman–Crippen MR) is 114 cm³/mol. The zero-order chi connectivity index (χ0) is 20.2. The van der Waals surface area contributed by atoms with E-state index in [4.69, 9.17) is 9.72 Å². The van der Waals surface area contributed by atoms with Crippen LogP contribution in [0.25, 0.3) is 22.5 Å². The summed E-state index contributed by atoms with van der Waals surface area (Å²) in [5, 5.41) is 6.79. The van der Waals surface area contributed by atoms with Gasteiger partial charge >= 0.3 is 0 Å². The third-order valence-corrected chi connectivity index (χ3v) is 5.24. The molecule has 144 valence electrons. The number of hydrogen-bond donors (Lipinski definition) is 1. The maximum atomic E-state index is 12.4. The van der Waals surface area contributed by atoms with Crippen LogP contribution in [0.4, 0.5) is 5.69 Å². The van der Waals surface area contributed by atoms with Crippen LogP contribution in [0.5, 0.6) is 5.75 Å². The lowest BCUT2D eigenvalue weighted by Gasteiger charge is -2.08. The van der Waals surface area contributed by atoms with Crippen molar-refractivity contribution in [1.29, 1.82) is 0 Å². The van der Waals surface area contributed by atoms with E-state index in [2.05, 4.69) is 14.9 Å². The van der Waals surface area contributed by atoms with E-state index in [0.29, 0.717) is 16.3 Å². The Labute approximate surface area is 172 Å². The van der Waals surface area contributed by atoms with Crippen molar-refractivity contribution in [1.82, 2.24) is 14.6 Å². The zero-order valence-corrected chi connectivity index (χ0v) is 16.7. The summed E-state index contributed by atoms with van der Waals surface area (Å²) in [7, 11) is 1.65. The van der Waals surface area contributed by atoms with Gasteiger partial charge in [0.2, 0.25) is 0 Å². The molecule has 2 aromatic heterocycles. The number of methoxy groups -OCH3 is 1. The van der Waals surface area contributed by atoms with Crippen molar-refractivity contribution in [3.63, 3.8) is 0 Å². The molecule has 0 unspecified atom stereocenters. The first-order valence-corrected chi connectivity index (χ1v) is 9.73. The number of aryl methyl sites for hydroxylation is 1. The van der Waals surface area contributed by atoms with Gasteiger partial charge in [-0.05, 0) is 67.0 Å². The number of aromatic nitrogens is 3. The number of amides is 1. The molecule has 4 rings (SSSR count). The van der Waals surface area contributed by atoms with Crippen LogP contribution in [0.15, 0.2) is 66.7 Å². The number of anilines is 1. The molecule has 2 heterocycles. The van der Waals surface area contributed by atoms with E-state index in [1.165, 1.54) is 0 Å². The van der Waals surface area contributed by atoms with Crippen LogP contribution < -0.4 is 10.1 Å². The quantitative estimate of drug-likeness (QED) is 0.517. The second-order valence-electron chi connectivity index (χ2n) is 6.36. The molecule has 29 heavy (non-hydrogen) atoms. The molecule has 0 spiro atoms. The van der Waals surface area contributed by atoms with Crippen LogP contribution in [0.3, 0.4) is 0 Å². The fourth-order valence-electron chi connectivity index (χ4n) is 2.90. The highest BCUT2D eigenvalue weighted by Gasteiger charge is 2.13. The first-order chi connectivity index (χ1) is 14.1. The first-order valence-electron chi connectivity index (χ1n) is 8.96. The summed E-state index contributed by atoms with van der Waals surface area (Å²) in [6.07, 6.45) is 0. The molecular weight excluding hydrogens is 384 g/mol. The number of benzene rings is 2. The van der Waals surface area contributed by atoms with Gasteiger partial charge < -0.3 is 10.1 Å². The van der Waals surface area contributed by atoms with E-state index in [1.807, 2.05) is 66.7 Å². The number of nitrogens with one attached hydrogen (secondary N) is 1. The third kappa shape index (κ3) is 4.14. The summed E-state index contributed by atoms with van der Waals surface area (Å²) in [6.45, 7) is 1.77. The van der Waals surface area contributed by atoms with Gasteiger partial charge in [-0.15, -0.1) is 5.10 Å². The highest BCUT2D eigenvalue weighted by atomic mass is 32.1. The van der Waals surface area contributed by atoms with Gasteiger partial charge in [0.15, 0.2) is 0 Å². The topological polar surface area (TPSA) is 77.0 Å². The van der Waals surface area contributed by atoms with Crippen LogP contribution in [-0.2, 0) is 0 Å². The van der Waals surface area contributed by atoms with Crippen LogP contribution in [0, 0.1) is 6.92 Å². The Morgan fingerprint density at radius 1 is 0.966 bits per heavy atom. The van der Waals surface area contributed by atoms with Crippen molar-refractivity contribution in [2.75, 3.05) is 12.4 Å². The number of hydrogen-bond acceptors (Lipinski definition) is 6. The molecule has 0 aliphatic rings. The van der Waals surface area contributed by atoms with Crippen molar-refractivity contribution in [3.05, 3.63) is 77.3 Å². The maximum Gasteiger partial charge on any atom is 0.269 e. The second kappa shape index (κ2) is 8.20. The standard InChI is InChI=1S/C22H18N4O2S/c1-14-21(29-26-25-14)22(27)23-17-6-3-5-16(13-17)20-8-4-7-19(24-20)15-9-11-18(28-2)12-10-15/h3-13H,1-2H3,(H,23,27). The molecule has 0 aliphatic carbocycles. The Kier molecular flexibility index (Phi) is 5.31. The Bertz CT molecular complexity index is 1160. The third-order valence-electron chi connectivity index (χ3n) is 4.41. The monoisotopic (exact) mass is 402 g/mol. The molecule has 0 radical (unpaired) electrons. The van der Waals surface area contributed by atoms with E-state index >= 15 is 0 Å². The van der Waals surface area contributed by atoms with E-state index in [-0.39, 0.29) is 5.91 Å². The van der Waals surface area contributed by atoms with Gasteiger partial charge in [0.05, 0.1) is 24.2 Å². The van der Waals surface area contributed by atoms with Crippen molar-refractivity contribution in [3.8, 4) is 28.3 Å². The summed E-state index contributed by atoms with van der Waals surface area (Å²) in [4.78, 5) is 17.7. The van der Waals surface area contributed by atoms with Gasteiger partial charge in [0.1, 0.15) is 10.6 Å². The molecule has 7 heteroatoms. The smallest absolute Gasteiger partial charge is 0.269 e. The summed E-state index contributed by atoms with van der Waals surface area (Å²) >= 11 is 1.09. The Balaban J connectivity index is 1.59. The molecule has 6 nitrogen and oxygen atoms in total. The van der Waals surface area contributed by atoms with Gasteiger partial charge in [-0.25, -0.2) is 4.98 Å². The minimum Gasteiger partial charge on any atom is -0.497 e. The molecule has 0 fully saturated rings. The van der Waals surface area contributed by atoms with Crippen LogP contribution in [-0.4, -0.2) is 27.6 Å². The van der Waals surface area contributed by atoms with Gasteiger partial charge in [-0.2, -0.15) is 0 Å². The summed E-state index contributed by atoms with van der Waals surface area (Å²) in [5.74, 6) is 0.592. The largest absolute Gasteiger partial charge is 0.497 e. The fourth-order valence-corrected chi connectivity index (χ4v) is 3.45. The van der Waals surface area contributed by atoms with Gasteiger partial charge in [0, 0.05) is 16.8 Å². The molecule has 4 aromatic rings. The van der Waals surface area contributed by atoms with E-state index < -0.39 is 0 Å². The molecule has 0 bridgehead atoms. The van der Waals surface area contributed by atoms with Crippen LogP contribution >= 0.6 is 11.5 Å². The Morgan fingerprint density at radius 2 is 1.69 bits per heavy atom. The van der Waals surface area contributed by atoms with E-state index in [9.17, 15) is 4.79 Å². The average molecular weight is 402 g/mol. The molecule has 0 aliphatic heterocycles. The normalized spacial score (nSPS) is 10.6. The van der Waals surface area contributed by atoms with E-state index in [0.717, 1.165) is 39.8 Å². The number of pyridine rings is 1. The summed E-state index contributed by atoms with van der Waals surface area (Å²) in [6, 6.07) is 21.3. The van der Waals surface area contributed by atoms with Crippen LogP contribution in [0.1, 0.15) is 15.4 Å². The Hall–Kier alpha value is -3.58. The highest BCUT2D eigenvalue weighted by Crippen LogP contribution is 2.26. The number of carbonyl (C=O) groups is 1. The van der Waals surface area contributed by atoms with Crippen LogP contribution in [0.2, 0.25) is 0 Å². The minimum absolute atomic E-state index is 0.213. The van der Waals surface area contributed by atoms with Gasteiger partial charge in [0.25, 0.3) is 5.91 Å². The molecule has 0 saturated carbocycles. The van der Waals surface area contributed by atoms with E-state index in [1.54, 1.807) is 14.0 Å². The van der Waals surface area contributed by atoms with Gasteiger partial charge in [-0.1, -0.05) is 22.7 Å². The minimum atomic E-state index is -0.213. The van der Waals surface area contributed by atoms with Gasteiger partial charge in [-0.3, -0.25) is 4.79 Å².